The first kappa shape index (κ1) is 19.4. The van der Waals surface area contributed by atoms with Gasteiger partial charge in [0.1, 0.15) is 0 Å². The van der Waals surface area contributed by atoms with Gasteiger partial charge in [-0.05, 0) is 19.4 Å². The zero-order chi connectivity index (χ0) is 16.8. The molecule has 0 aromatic rings. The molecule has 122 valence electrons. The lowest BCUT2D eigenvalue weighted by Crippen LogP contribution is -2.59. The number of carboxylic acid groups (broad SMARTS) is 2. The zero-order valence-electron chi connectivity index (χ0n) is 11.1. The molecule has 0 aliphatic carbocycles. The van der Waals surface area contributed by atoms with Crippen LogP contribution < -0.4 is 11.5 Å². The molecule has 0 saturated heterocycles. The average molecular weight is 326 g/mol. The maximum atomic E-state index is 12.0. The maximum Gasteiger partial charge on any atom is 0.336 e. The van der Waals surface area contributed by atoms with Gasteiger partial charge in [0, 0.05) is 0 Å². The number of carbonyl (C=O) groups is 3. The number of carboxylic acids is 2. The van der Waals surface area contributed by atoms with Crippen LogP contribution in [-0.4, -0.2) is 58.2 Å². The van der Waals surface area contributed by atoms with E-state index in [9.17, 15) is 22.8 Å². The molecule has 0 saturated carbocycles. The van der Waals surface area contributed by atoms with Gasteiger partial charge in [0.15, 0.2) is 5.78 Å². The van der Waals surface area contributed by atoms with E-state index in [1.54, 1.807) is 0 Å². The van der Waals surface area contributed by atoms with Crippen LogP contribution >= 0.6 is 0 Å². The molecule has 0 amide bonds. The molecule has 0 aromatic heterocycles. The first-order valence-corrected chi connectivity index (χ1v) is 7.37. The molecule has 21 heavy (non-hydrogen) atoms. The van der Waals surface area contributed by atoms with Crippen LogP contribution in [-0.2, 0) is 24.5 Å². The second kappa shape index (κ2) is 7.45. The maximum absolute atomic E-state index is 12.0. The molecule has 0 aliphatic rings. The number of hydrogen-bond donors (Lipinski definition) is 5. The Kier molecular flexibility index (Phi) is 6.90. The van der Waals surface area contributed by atoms with Crippen molar-refractivity contribution in [2.75, 3.05) is 6.54 Å². The summed E-state index contributed by atoms with van der Waals surface area (Å²) in [4.78, 5) is 33.9. The second-order valence-electron chi connectivity index (χ2n) is 4.43. The highest BCUT2D eigenvalue weighted by Gasteiger charge is 2.59. The monoisotopic (exact) mass is 326 g/mol. The Bertz CT molecular complexity index is 517. The van der Waals surface area contributed by atoms with Crippen LogP contribution in [0, 0.1) is 0 Å². The third-order valence-electron chi connectivity index (χ3n) is 2.89. The lowest BCUT2D eigenvalue weighted by atomic mass is 9.91. The molecule has 1 unspecified atom stereocenters. The lowest BCUT2D eigenvalue weighted by Gasteiger charge is -2.25. The number of Topliss-reactive ketones (excluding diaryl/α,β-unsaturated/α-hetero) is 1. The third-order valence-corrected chi connectivity index (χ3v) is 4.29. The van der Waals surface area contributed by atoms with Crippen LogP contribution in [0.3, 0.4) is 0 Å². The third kappa shape index (κ3) is 4.46. The molecule has 0 spiro atoms. The minimum atomic E-state index is -5.53. The van der Waals surface area contributed by atoms with E-state index in [4.69, 9.17) is 26.2 Å². The number of ketones is 1. The first-order chi connectivity index (χ1) is 9.50. The summed E-state index contributed by atoms with van der Waals surface area (Å²) >= 11 is 0. The number of aliphatic carboxylic acids is 2. The highest BCUT2D eigenvalue weighted by Crippen LogP contribution is 2.26. The number of carbonyl (C=O) groups excluding carboxylic acids is 1. The van der Waals surface area contributed by atoms with Crippen molar-refractivity contribution in [3.05, 3.63) is 0 Å². The van der Waals surface area contributed by atoms with Crippen molar-refractivity contribution in [2.45, 2.75) is 36.5 Å². The van der Waals surface area contributed by atoms with Crippen molar-refractivity contribution in [1.29, 1.82) is 0 Å². The summed E-state index contributed by atoms with van der Waals surface area (Å²) in [6.07, 6.45) is -0.922. The Balaban J connectivity index is 5.63. The van der Waals surface area contributed by atoms with Crippen molar-refractivity contribution in [1.82, 2.24) is 0 Å². The summed E-state index contributed by atoms with van der Waals surface area (Å²) in [5.74, 6) is -5.74. The van der Waals surface area contributed by atoms with E-state index >= 15 is 0 Å². The van der Waals surface area contributed by atoms with E-state index in [2.05, 4.69) is 0 Å². The Labute approximate surface area is 120 Å². The van der Waals surface area contributed by atoms with Gasteiger partial charge in [0.05, 0.1) is 12.5 Å². The summed E-state index contributed by atoms with van der Waals surface area (Å²) in [6, 6.07) is -1.55. The zero-order valence-corrected chi connectivity index (χ0v) is 11.9. The number of rotatable bonds is 10. The van der Waals surface area contributed by atoms with Crippen LogP contribution in [0.2, 0.25) is 0 Å². The Morgan fingerprint density at radius 3 is 2.00 bits per heavy atom. The van der Waals surface area contributed by atoms with Crippen LogP contribution in [0.1, 0.15) is 25.7 Å². The normalized spacial score (nSPS) is 16.0. The van der Waals surface area contributed by atoms with Gasteiger partial charge in [0.25, 0.3) is 14.9 Å². The van der Waals surface area contributed by atoms with Gasteiger partial charge in [-0.25, -0.2) is 4.79 Å². The summed E-state index contributed by atoms with van der Waals surface area (Å²) in [5.41, 5.74) is 10.7. The Hall–Kier alpha value is -1.56. The molecule has 0 radical (unpaired) electrons. The standard InChI is InChI=1S/C10H18N2O8S/c11-4-2-1-3-6(12)8(15)10(9(16)17,5-7(13)14)21(18,19)20/h6H,1-5,11-12H2,(H,13,14)(H,16,17)(H,18,19,20)/t6-,10?/m0/s1. The van der Waals surface area contributed by atoms with Gasteiger partial charge in [-0.2, -0.15) is 8.42 Å². The van der Waals surface area contributed by atoms with Crippen molar-refractivity contribution in [2.24, 2.45) is 11.5 Å². The number of nitrogens with two attached hydrogens (primary N) is 2. The second-order valence-corrected chi connectivity index (χ2v) is 6.08. The van der Waals surface area contributed by atoms with Gasteiger partial charge in [-0.1, -0.05) is 6.42 Å². The molecule has 0 heterocycles. The molecular weight excluding hydrogens is 308 g/mol. The fourth-order valence-corrected chi connectivity index (χ4v) is 2.68. The van der Waals surface area contributed by atoms with Gasteiger partial charge >= 0.3 is 11.9 Å². The molecule has 10 nitrogen and oxygen atoms in total. The fraction of sp³-hybridized carbons (Fsp3) is 0.700. The molecule has 0 aliphatic heterocycles. The highest BCUT2D eigenvalue weighted by atomic mass is 32.2. The predicted molar refractivity (Wildman–Crippen MR) is 70.1 cm³/mol. The molecule has 0 fully saturated rings. The van der Waals surface area contributed by atoms with E-state index in [1.807, 2.05) is 0 Å². The fourth-order valence-electron chi connectivity index (χ4n) is 1.75. The molecule has 11 heteroatoms. The smallest absolute Gasteiger partial charge is 0.336 e. The molecule has 7 N–H and O–H groups in total. The number of unbranched alkanes of at least 4 members (excludes halogenated alkanes) is 1. The van der Waals surface area contributed by atoms with Crippen molar-refractivity contribution in [3.8, 4) is 0 Å². The van der Waals surface area contributed by atoms with E-state index in [1.165, 1.54) is 0 Å². The van der Waals surface area contributed by atoms with Crippen molar-refractivity contribution in [3.63, 3.8) is 0 Å². The average Bonchev–Trinajstić information content (AvgIpc) is 2.33. The van der Waals surface area contributed by atoms with Crippen LogP contribution in [0.5, 0.6) is 0 Å². The first-order valence-electron chi connectivity index (χ1n) is 5.93. The van der Waals surface area contributed by atoms with E-state index in [0.29, 0.717) is 19.4 Å². The van der Waals surface area contributed by atoms with Crippen LogP contribution in [0.4, 0.5) is 0 Å². The van der Waals surface area contributed by atoms with Gasteiger partial charge in [0.2, 0.25) is 0 Å². The summed E-state index contributed by atoms with van der Waals surface area (Å²) in [5, 5.41) is 17.7. The van der Waals surface area contributed by atoms with E-state index < -0.39 is 45.0 Å². The summed E-state index contributed by atoms with van der Waals surface area (Å²) in [6.45, 7) is 0.290. The Morgan fingerprint density at radius 2 is 1.67 bits per heavy atom. The lowest BCUT2D eigenvalue weighted by molar-refractivity contribution is -0.150. The Morgan fingerprint density at radius 1 is 1.14 bits per heavy atom. The summed E-state index contributed by atoms with van der Waals surface area (Å²) < 4.78 is 28.2. The summed E-state index contributed by atoms with van der Waals surface area (Å²) in [7, 11) is -5.53. The molecule has 0 bridgehead atoms. The molecule has 2 atom stereocenters. The minimum absolute atomic E-state index is 0.0831. The van der Waals surface area contributed by atoms with Crippen molar-refractivity contribution >= 4 is 27.8 Å². The minimum Gasteiger partial charge on any atom is -0.481 e. The van der Waals surface area contributed by atoms with Crippen LogP contribution in [0.25, 0.3) is 0 Å². The topological polar surface area (TPSA) is 198 Å². The van der Waals surface area contributed by atoms with E-state index in [-0.39, 0.29) is 6.42 Å². The molecule has 0 aromatic carbocycles. The quantitative estimate of drug-likeness (QED) is 0.173. The highest BCUT2D eigenvalue weighted by molar-refractivity contribution is 7.89. The van der Waals surface area contributed by atoms with Gasteiger partial charge in [-0.15, -0.1) is 0 Å². The van der Waals surface area contributed by atoms with Gasteiger partial charge < -0.3 is 21.7 Å². The molecule has 0 rings (SSSR count). The largest absolute Gasteiger partial charge is 0.481 e. The van der Waals surface area contributed by atoms with Crippen LogP contribution in [0.15, 0.2) is 0 Å². The van der Waals surface area contributed by atoms with Gasteiger partial charge in [-0.3, -0.25) is 14.1 Å². The number of hydrogen-bond acceptors (Lipinski definition) is 7. The van der Waals surface area contributed by atoms with Crippen molar-refractivity contribution < 1.29 is 37.6 Å². The molecular formula is C10H18N2O8S. The predicted octanol–water partition coefficient (Wildman–Crippen LogP) is -1.80. The van der Waals surface area contributed by atoms with E-state index in [0.717, 1.165) is 0 Å². The SMILES string of the molecule is NCCCC[C@H](N)C(=O)C(CC(=O)O)(C(=O)O)S(=O)(=O)O.